The van der Waals surface area contributed by atoms with Crippen LogP contribution in [0.1, 0.15) is 74.0 Å². The van der Waals surface area contributed by atoms with Gasteiger partial charge < -0.3 is 25.6 Å². The molecule has 0 radical (unpaired) electrons. The van der Waals surface area contributed by atoms with Crippen LogP contribution in [-0.4, -0.2) is 44.3 Å². The van der Waals surface area contributed by atoms with E-state index < -0.39 is 5.54 Å². The number of ether oxygens (including phenoxy) is 2. The molecule has 2 saturated carbocycles. The Morgan fingerprint density at radius 3 is 2.64 bits per heavy atom. The fourth-order valence-electron chi connectivity index (χ4n) is 5.15. The summed E-state index contributed by atoms with van der Waals surface area (Å²) in [5.41, 5.74) is 8.47. The van der Waals surface area contributed by atoms with Crippen molar-refractivity contribution in [1.29, 1.82) is 0 Å². The lowest BCUT2D eigenvalue weighted by Crippen LogP contribution is -2.38. The number of esters is 1. The molecule has 3 atom stereocenters. The molecule has 3 aliphatic rings. The predicted octanol–water partition coefficient (Wildman–Crippen LogP) is 3.92. The Labute approximate surface area is 209 Å². The van der Waals surface area contributed by atoms with E-state index in [-0.39, 0.29) is 30.2 Å². The van der Waals surface area contributed by atoms with E-state index in [1.807, 2.05) is 26.1 Å². The van der Waals surface area contributed by atoms with E-state index >= 15 is 0 Å². The van der Waals surface area contributed by atoms with Crippen molar-refractivity contribution in [3.8, 4) is 5.88 Å². The van der Waals surface area contributed by atoms with Crippen molar-refractivity contribution in [2.24, 2.45) is 11.7 Å². The zero-order chi connectivity index (χ0) is 25.2. The molecule has 6 rings (SSSR count). The highest BCUT2D eigenvalue weighted by Gasteiger charge is 2.41. The van der Waals surface area contributed by atoms with Crippen molar-refractivity contribution in [1.82, 2.24) is 15.0 Å². The molecule has 36 heavy (non-hydrogen) atoms. The molecule has 2 fully saturated rings. The topological polar surface area (TPSA) is 132 Å². The summed E-state index contributed by atoms with van der Waals surface area (Å²) in [6.45, 7) is 5.94. The average molecular weight is 490 g/mol. The van der Waals surface area contributed by atoms with Crippen LogP contribution < -0.4 is 15.8 Å². The van der Waals surface area contributed by atoms with Crippen molar-refractivity contribution in [3.05, 3.63) is 47.4 Å². The lowest BCUT2D eigenvalue weighted by molar-refractivity contribution is -0.0120. The molecule has 9 nitrogen and oxygen atoms in total. The van der Waals surface area contributed by atoms with Gasteiger partial charge in [-0.15, -0.1) is 0 Å². The summed E-state index contributed by atoms with van der Waals surface area (Å²) in [6, 6.07) is 5.47. The van der Waals surface area contributed by atoms with Crippen LogP contribution in [0.2, 0.25) is 0 Å². The summed E-state index contributed by atoms with van der Waals surface area (Å²) >= 11 is 0. The SMILES string of the molecule is C[C@@H]1OC(=O)c2ccc(Nc3cc4c([C@@](C)(N)C5CC5)cnc(O[C@H]5C[C@H](O)C5)c4cn3)nc2[C@H]1C. The number of nitrogens with zero attached hydrogens (tertiary/aromatic N) is 3. The number of carbonyl (C=O) groups excluding carboxylic acids is 1. The standard InChI is InChI=1S/C27H31N5O4/c1-13-14(2)35-26(34)18-6-7-22(32-24(13)18)31-23-10-19-20(11-29-23)25(36-17-8-16(33)9-17)30-12-21(19)27(3,28)15-4-5-15/h6-7,10-17,33H,4-5,8-9,28H2,1-3H3,(H,29,31,32)/t13-,14-,16-,17-,27-/m0/s1. The Balaban J connectivity index is 1.37. The van der Waals surface area contributed by atoms with Crippen molar-refractivity contribution in [2.75, 3.05) is 5.32 Å². The third kappa shape index (κ3) is 3.96. The summed E-state index contributed by atoms with van der Waals surface area (Å²) in [6.07, 6.45) is 6.37. The molecule has 4 N–H and O–H groups in total. The molecule has 3 aromatic rings. The molecule has 0 spiro atoms. The Hall–Kier alpha value is -3.30. The Kier molecular flexibility index (Phi) is 5.38. The van der Waals surface area contributed by atoms with Crippen LogP contribution in [0.15, 0.2) is 30.6 Å². The maximum atomic E-state index is 12.3. The number of aliphatic hydroxyl groups excluding tert-OH is 1. The second-order valence-electron chi connectivity index (χ2n) is 10.7. The van der Waals surface area contributed by atoms with Gasteiger partial charge in [-0.2, -0.15) is 0 Å². The van der Waals surface area contributed by atoms with Gasteiger partial charge in [0, 0.05) is 36.7 Å². The quantitative estimate of drug-likeness (QED) is 0.441. The van der Waals surface area contributed by atoms with Crippen molar-refractivity contribution >= 4 is 28.4 Å². The summed E-state index contributed by atoms with van der Waals surface area (Å²) in [5.74, 6) is 1.77. The van der Waals surface area contributed by atoms with E-state index in [9.17, 15) is 9.90 Å². The smallest absolute Gasteiger partial charge is 0.340 e. The monoisotopic (exact) mass is 489 g/mol. The predicted molar refractivity (Wildman–Crippen MR) is 134 cm³/mol. The molecule has 0 bridgehead atoms. The maximum Gasteiger partial charge on any atom is 0.340 e. The molecule has 3 aromatic heterocycles. The molecule has 188 valence electrons. The van der Waals surface area contributed by atoms with Crippen LogP contribution in [-0.2, 0) is 10.3 Å². The second-order valence-corrected chi connectivity index (χ2v) is 10.7. The number of aromatic nitrogens is 3. The number of aliphatic hydroxyl groups is 1. The van der Waals surface area contributed by atoms with Gasteiger partial charge in [-0.1, -0.05) is 6.92 Å². The van der Waals surface area contributed by atoms with Crippen LogP contribution in [0, 0.1) is 5.92 Å². The summed E-state index contributed by atoms with van der Waals surface area (Å²) in [7, 11) is 0. The van der Waals surface area contributed by atoms with Gasteiger partial charge in [-0.25, -0.2) is 19.7 Å². The van der Waals surface area contributed by atoms with Crippen LogP contribution in [0.25, 0.3) is 10.8 Å². The third-order valence-corrected chi connectivity index (χ3v) is 7.92. The van der Waals surface area contributed by atoms with Crippen LogP contribution in [0.5, 0.6) is 5.88 Å². The van der Waals surface area contributed by atoms with Gasteiger partial charge in [0.05, 0.1) is 22.7 Å². The van der Waals surface area contributed by atoms with E-state index in [0.29, 0.717) is 41.8 Å². The molecular weight excluding hydrogens is 458 g/mol. The molecule has 0 unspecified atom stereocenters. The van der Waals surface area contributed by atoms with Crippen molar-refractivity contribution < 1.29 is 19.4 Å². The number of nitrogens with one attached hydrogen (secondary N) is 1. The number of cyclic esters (lactones) is 1. The van der Waals surface area contributed by atoms with Crippen LogP contribution in [0.3, 0.4) is 0 Å². The summed E-state index contributed by atoms with van der Waals surface area (Å²) in [5, 5.41) is 14.7. The second kappa shape index (κ2) is 8.38. The molecule has 0 saturated heterocycles. The number of fused-ring (bicyclic) bond motifs is 2. The molecular formula is C27H31N5O4. The van der Waals surface area contributed by atoms with E-state index in [1.165, 1.54) is 0 Å². The molecule has 4 heterocycles. The number of pyridine rings is 3. The zero-order valence-electron chi connectivity index (χ0n) is 20.7. The highest BCUT2D eigenvalue weighted by molar-refractivity contribution is 5.93. The Morgan fingerprint density at radius 2 is 1.92 bits per heavy atom. The van der Waals surface area contributed by atoms with Gasteiger partial charge in [-0.05, 0) is 61.8 Å². The minimum Gasteiger partial charge on any atom is -0.474 e. The third-order valence-electron chi connectivity index (χ3n) is 7.92. The first-order chi connectivity index (χ1) is 17.2. The van der Waals surface area contributed by atoms with E-state index in [4.69, 9.17) is 20.2 Å². The zero-order valence-corrected chi connectivity index (χ0v) is 20.7. The fraction of sp³-hybridized carbons (Fsp3) is 0.481. The van der Waals surface area contributed by atoms with Gasteiger partial charge in [0.15, 0.2) is 0 Å². The lowest BCUT2D eigenvalue weighted by atomic mass is 9.86. The highest BCUT2D eigenvalue weighted by Crippen LogP contribution is 2.46. The number of hydrogen-bond acceptors (Lipinski definition) is 9. The number of carbonyl (C=O) groups is 1. The first-order valence-corrected chi connectivity index (χ1v) is 12.6. The van der Waals surface area contributed by atoms with Crippen LogP contribution in [0.4, 0.5) is 11.6 Å². The molecule has 9 heteroatoms. The van der Waals surface area contributed by atoms with Gasteiger partial charge in [0.1, 0.15) is 23.8 Å². The summed E-state index contributed by atoms with van der Waals surface area (Å²) in [4.78, 5) is 26.2. The highest BCUT2D eigenvalue weighted by atomic mass is 16.5. The molecule has 0 aromatic carbocycles. The van der Waals surface area contributed by atoms with Crippen molar-refractivity contribution in [3.63, 3.8) is 0 Å². The van der Waals surface area contributed by atoms with Crippen molar-refractivity contribution in [2.45, 2.75) is 76.2 Å². The van der Waals surface area contributed by atoms with E-state index in [1.54, 1.807) is 18.3 Å². The fourth-order valence-corrected chi connectivity index (χ4v) is 5.15. The van der Waals surface area contributed by atoms with Gasteiger partial charge in [0.25, 0.3) is 0 Å². The first kappa shape index (κ1) is 23.1. The van der Waals surface area contributed by atoms with Gasteiger partial charge in [-0.3, -0.25) is 0 Å². The average Bonchev–Trinajstić information content (AvgIpc) is 3.68. The minimum absolute atomic E-state index is 0.0112. The minimum atomic E-state index is -0.523. The largest absolute Gasteiger partial charge is 0.474 e. The number of anilines is 2. The number of nitrogens with two attached hydrogens (primary N) is 1. The maximum absolute atomic E-state index is 12.3. The first-order valence-electron chi connectivity index (χ1n) is 12.6. The summed E-state index contributed by atoms with van der Waals surface area (Å²) < 4.78 is 11.5. The van der Waals surface area contributed by atoms with Gasteiger partial charge >= 0.3 is 5.97 Å². The van der Waals surface area contributed by atoms with E-state index in [2.05, 4.69) is 22.2 Å². The van der Waals surface area contributed by atoms with E-state index in [0.717, 1.165) is 34.9 Å². The Morgan fingerprint density at radius 1 is 1.14 bits per heavy atom. The Bertz CT molecular complexity index is 1350. The molecule has 1 aliphatic heterocycles. The lowest BCUT2D eigenvalue weighted by Gasteiger charge is -2.32. The normalized spacial score (nSPS) is 27.0. The molecule has 0 amide bonds. The van der Waals surface area contributed by atoms with Gasteiger partial charge in [0.2, 0.25) is 5.88 Å². The molecule has 2 aliphatic carbocycles. The number of rotatable bonds is 6. The van der Waals surface area contributed by atoms with Crippen LogP contribution >= 0.6 is 0 Å². The number of hydrogen-bond donors (Lipinski definition) is 3.